The molecule has 0 unspecified atom stereocenters. The van der Waals surface area contributed by atoms with Gasteiger partial charge in [-0.15, -0.1) is 0 Å². The van der Waals surface area contributed by atoms with E-state index >= 15 is 0 Å². The van der Waals surface area contributed by atoms with Gasteiger partial charge in [0, 0.05) is 0 Å². The third-order valence-electron chi connectivity index (χ3n) is 3.84. The number of rotatable bonds is 1. The van der Waals surface area contributed by atoms with Crippen LogP contribution in [0.2, 0.25) is 0 Å². The average Bonchev–Trinajstić information content (AvgIpc) is 2.40. The van der Waals surface area contributed by atoms with Gasteiger partial charge in [-0.2, -0.15) is 0 Å². The lowest BCUT2D eigenvalue weighted by atomic mass is 9.97. The molecular formula is C19H18. The Hall–Kier alpha value is -2.08. The highest BCUT2D eigenvalue weighted by molar-refractivity contribution is 5.88. The second-order valence-corrected chi connectivity index (χ2v) is 5.36. The summed E-state index contributed by atoms with van der Waals surface area (Å²) in [5.41, 5.74) is 6.58. The van der Waals surface area contributed by atoms with Crippen molar-refractivity contribution in [3.63, 3.8) is 0 Å². The first-order valence-electron chi connectivity index (χ1n) is 6.71. The topological polar surface area (TPSA) is 0 Å². The maximum atomic E-state index is 2.28. The van der Waals surface area contributed by atoms with E-state index in [1.54, 1.807) is 0 Å². The molecule has 94 valence electrons. The summed E-state index contributed by atoms with van der Waals surface area (Å²) in [4.78, 5) is 0. The molecule has 0 heteroatoms. The third kappa shape index (κ3) is 2.26. The maximum Gasteiger partial charge on any atom is -0.0175 e. The summed E-state index contributed by atoms with van der Waals surface area (Å²) >= 11 is 0. The first-order chi connectivity index (χ1) is 9.13. The second-order valence-electron chi connectivity index (χ2n) is 5.36. The highest BCUT2D eigenvalue weighted by Crippen LogP contribution is 2.26. The van der Waals surface area contributed by atoms with Crippen molar-refractivity contribution in [1.82, 2.24) is 0 Å². The van der Waals surface area contributed by atoms with Crippen molar-refractivity contribution in [3.8, 4) is 11.1 Å². The van der Waals surface area contributed by atoms with Crippen molar-refractivity contribution >= 4 is 10.8 Å². The molecule has 0 fully saturated rings. The van der Waals surface area contributed by atoms with E-state index < -0.39 is 0 Å². The van der Waals surface area contributed by atoms with Crippen molar-refractivity contribution in [2.45, 2.75) is 20.8 Å². The predicted molar refractivity (Wildman–Crippen MR) is 83.6 cm³/mol. The van der Waals surface area contributed by atoms with E-state index in [4.69, 9.17) is 0 Å². The Morgan fingerprint density at radius 3 is 1.79 bits per heavy atom. The zero-order valence-electron chi connectivity index (χ0n) is 11.7. The van der Waals surface area contributed by atoms with Gasteiger partial charge in [-0.1, -0.05) is 54.1 Å². The van der Waals surface area contributed by atoms with Crippen LogP contribution in [0.5, 0.6) is 0 Å². The fraction of sp³-hybridized carbons (Fsp3) is 0.158. The Labute approximate surface area is 114 Å². The molecule has 0 heterocycles. The van der Waals surface area contributed by atoms with Crippen molar-refractivity contribution in [2.24, 2.45) is 0 Å². The lowest BCUT2D eigenvalue weighted by Crippen LogP contribution is -1.84. The van der Waals surface area contributed by atoms with Crippen molar-refractivity contribution in [3.05, 3.63) is 71.3 Å². The molecule has 3 aromatic rings. The molecule has 3 aromatic carbocycles. The predicted octanol–water partition coefficient (Wildman–Crippen LogP) is 5.43. The summed E-state index contributed by atoms with van der Waals surface area (Å²) in [6.45, 7) is 6.46. The smallest absolute Gasteiger partial charge is 0.0175 e. The first-order valence-corrected chi connectivity index (χ1v) is 6.71. The van der Waals surface area contributed by atoms with Crippen LogP contribution in [0.25, 0.3) is 21.9 Å². The largest absolute Gasteiger partial charge is 0.0587 e. The molecule has 0 aliphatic rings. The van der Waals surface area contributed by atoms with Gasteiger partial charge in [0.1, 0.15) is 0 Å². The molecule has 0 amide bonds. The van der Waals surface area contributed by atoms with Crippen molar-refractivity contribution in [2.75, 3.05) is 0 Å². The third-order valence-corrected chi connectivity index (χ3v) is 3.84. The van der Waals surface area contributed by atoms with Gasteiger partial charge in [0.05, 0.1) is 0 Å². The zero-order chi connectivity index (χ0) is 13.4. The van der Waals surface area contributed by atoms with E-state index in [2.05, 4.69) is 75.4 Å². The lowest BCUT2D eigenvalue weighted by Gasteiger charge is -2.07. The average molecular weight is 246 g/mol. The SMILES string of the molecule is Cc1ccc(-c2ccc3cc(C)c(C)cc3c2)cc1. The summed E-state index contributed by atoms with van der Waals surface area (Å²) in [5, 5.41) is 2.64. The molecule has 0 saturated heterocycles. The maximum absolute atomic E-state index is 2.28. The van der Waals surface area contributed by atoms with Gasteiger partial charge in [0.15, 0.2) is 0 Å². The molecule has 0 aliphatic carbocycles. The number of fused-ring (bicyclic) bond motifs is 1. The highest BCUT2D eigenvalue weighted by atomic mass is 14.1. The molecule has 19 heavy (non-hydrogen) atoms. The quantitative estimate of drug-likeness (QED) is 0.537. The number of benzene rings is 3. The zero-order valence-corrected chi connectivity index (χ0v) is 11.7. The number of aryl methyl sites for hydroxylation is 3. The van der Waals surface area contributed by atoms with Gasteiger partial charge in [-0.05, 0) is 59.9 Å². The minimum Gasteiger partial charge on any atom is -0.0587 e. The van der Waals surface area contributed by atoms with Crippen LogP contribution in [0.3, 0.4) is 0 Å². The fourth-order valence-corrected chi connectivity index (χ4v) is 2.45. The minimum atomic E-state index is 1.28. The van der Waals surface area contributed by atoms with Gasteiger partial charge >= 0.3 is 0 Å². The molecule has 0 radical (unpaired) electrons. The summed E-state index contributed by atoms with van der Waals surface area (Å²) in [6.07, 6.45) is 0. The van der Waals surface area contributed by atoms with E-state index in [0.717, 1.165) is 0 Å². The highest BCUT2D eigenvalue weighted by Gasteiger charge is 2.01. The Morgan fingerprint density at radius 1 is 0.526 bits per heavy atom. The molecule has 3 rings (SSSR count). The minimum absolute atomic E-state index is 1.28. The van der Waals surface area contributed by atoms with Crippen LogP contribution in [0.15, 0.2) is 54.6 Å². The van der Waals surface area contributed by atoms with Crippen LogP contribution in [-0.4, -0.2) is 0 Å². The molecule has 0 aliphatic heterocycles. The standard InChI is InChI=1S/C19H18/c1-13-4-6-16(7-5-13)18-9-8-17-10-14(2)15(3)11-19(17)12-18/h4-12H,1-3H3. The first kappa shape index (κ1) is 12.0. The van der Waals surface area contributed by atoms with Gasteiger partial charge in [0.2, 0.25) is 0 Å². The van der Waals surface area contributed by atoms with Crippen molar-refractivity contribution in [1.29, 1.82) is 0 Å². The van der Waals surface area contributed by atoms with Crippen molar-refractivity contribution < 1.29 is 0 Å². The van der Waals surface area contributed by atoms with E-state index in [1.165, 1.54) is 38.6 Å². The summed E-state index contributed by atoms with van der Waals surface area (Å²) < 4.78 is 0. The van der Waals surface area contributed by atoms with Crippen LogP contribution in [0.1, 0.15) is 16.7 Å². The van der Waals surface area contributed by atoms with Crippen LogP contribution in [-0.2, 0) is 0 Å². The van der Waals surface area contributed by atoms with Crippen LogP contribution < -0.4 is 0 Å². The molecule has 0 atom stereocenters. The Bertz CT molecular complexity index is 734. The van der Waals surface area contributed by atoms with E-state index in [-0.39, 0.29) is 0 Å². The molecule has 0 N–H and O–H groups in total. The lowest BCUT2D eigenvalue weighted by molar-refractivity contribution is 1.37. The molecule has 0 spiro atoms. The summed E-state index contributed by atoms with van der Waals surface area (Å²) in [6, 6.07) is 20.0. The monoisotopic (exact) mass is 246 g/mol. The van der Waals surface area contributed by atoms with Gasteiger partial charge < -0.3 is 0 Å². The second kappa shape index (κ2) is 4.55. The molecular weight excluding hydrogens is 228 g/mol. The summed E-state index contributed by atoms with van der Waals surface area (Å²) in [7, 11) is 0. The van der Waals surface area contributed by atoms with Crippen LogP contribution in [0, 0.1) is 20.8 Å². The van der Waals surface area contributed by atoms with Crippen LogP contribution >= 0.6 is 0 Å². The van der Waals surface area contributed by atoms with E-state index in [1.807, 2.05) is 0 Å². The fourth-order valence-electron chi connectivity index (χ4n) is 2.45. The Kier molecular flexibility index (Phi) is 2.87. The molecule has 0 aromatic heterocycles. The molecule has 0 nitrogen and oxygen atoms in total. The number of hydrogen-bond acceptors (Lipinski definition) is 0. The Balaban J connectivity index is 2.16. The van der Waals surface area contributed by atoms with E-state index in [0.29, 0.717) is 0 Å². The Morgan fingerprint density at radius 2 is 1.11 bits per heavy atom. The normalized spacial score (nSPS) is 10.9. The number of hydrogen-bond donors (Lipinski definition) is 0. The summed E-state index contributed by atoms with van der Waals surface area (Å²) in [5.74, 6) is 0. The van der Waals surface area contributed by atoms with Gasteiger partial charge in [-0.3, -0.25) is 0 Å². The van der Waals surface area contributed by atoms with E-state index in [9.17, 15) is 0 Å². The molecule has 0 saturated carbocycles. The van der Waals surface area contributed by atoms with Gasteiger partial charge in [0.25, 0.3) is 0 Å². The van der Waals surface area contributed by atoms with Gasteiger partial charge in [-0.25, -0.2) is 0 Å². The molecule has 0 bridgehead atoms. The van der Waals surface area contributed by atoms with Crippen LogP contribution in [0.4, 0.5) is 0 Å².